The lowest BCUT2D eigenvalue weighted by molar-refractivity contribution is -0.385. The first-order valence-electron chi connectivity index (χ1n) is 3.91. The molecule has 0 saturated heterocycles. The molecule has 0 radical (unpaired) electrons. The lowest BCUT2D eigenvalue weighted by atomic mass is 10.2. The second kappa shape index (κ2) is 4.17. The third-order valence-electron chi connectivity index (χ3n) is 1.59. The van der Waals surface area contributed by atoms with Crippen LogP contribution in [0, 0.1) is 17.0 Å². The number of rotatable bonds is 2. The fourth-order valence-electron chi connectivity index (χ4n) is 1.05. The van der Waals surface area contributed by atoms with E-state index in [-0.39, 0.29) is 5.56 Å². The Hall–Kier alpha value is -1.50. The highest BCUT2D eigenvalue weighted by Crippen LogP contribution is 2.37. The Kier molecular flexibility index (Phi) is 3.27. The molecule has 0 atom stereocenters. The number of nitrogens with zero attached hydrogens (tertiary/aromatic N) is 1. The van der Waals surface area contributed by atoms with Crippen molar-refractivity contribution in [1.29, 1.82) is 0 Å². The first-order chi connectivity index (χ1) is 7.20. The SMILES string of the molecule is Cc1cc(OC(F)(F)F)c(Cl)c([N+](=O)[O-])c1. The van der Waals surface area contributed by atoms with Gasteiger partial charge in [-0.1, -0.05) is 11.6 Å². The molecular formula is C8H5ClF3NO3. The highest BCUT2D eigenvalue weighted by atomic mass is 35.5. The number of nitro benzene ring substituents is 1. The number of ether oxygens (including phenoxy) is 1. The Morgan fingerprint density at radius 3 is 2.44 bits per heavy atom. The number of hydrogen-bond donors (Lipinski definition) is 0. The van der Waals surface area contributed by atoms with Gasteiger partial charge in [-0.25, -0.2) is 0 Å². The van der Waals surface area contributed by atoms with Crippen LogP contribution in [-0.2, 0) is 0 Å². The molecule has 0 aliphatic carbocycles. The molecule has 16 heavy (non-hydrogen) atoms. The second-order valence-electron chi connectivity index (χ2n) is 2.90. The Morgan fingerprint density at radius 1 is 1.44 bits per heavy atom. The summed E-state index contributed by atoms with van der Waals surface area (Å²) >= 11 is 5.42. The molecule has 0 bridgehead atoms. The summed E-state index contributed by atoms with van der Waals surface area (Å²) in [5.74, 6) is -0.777. The summed E-state index contributed by atoms with van der Waals surface area (Å²) in [4.78, 5) is 9.60. The van der Waals surface area contributed by atoms with Crippen molar-refractivity contribution in [2.75, 3.05) is 0 Å². The van der Waals surface area contributed by atoms with Crippen LogP contribution in [-0.4, -0.2) is 11.3 Å². The van der Waals surface area contributed by atoms with Gasteiger partial charge >= 0.3 is 6.36 Å². The monoisotopic (exact) mass is 255 g/mol. The van der Waals surface area contributed by atoms with Crippen LogP contribution in [0.2, 0.25) is 5.02 Å². The van der Waals surface area contributed by atoms with Gasteiger partial charge in [0.2, 0.25) is 0 Å². The van der Waals surface area contributed by atoms with Crippen molar-refractivity contribution in [3.8, 4) is 5.75 Å². The van der Waals surface area contributed by atoms with Gasteiger partial charge < -0.3 is 4.74 Å². The van der Waals surface area contributed by atoms with Crippen LogP contribution >= 0.6 is 11.6 Å². The molecule has 0 heterocycles. The zero-order valence-corrected chi connectivity index (χ0v) is 8.59. The van der Waals surface area contributed by atoms with Crippen LogP contribution in [0.15, 0.2) is 12.1 Å². The largest absolute Gasteiger partial charge is 0.573 e. The van der Waals surface area contributed by atoms with Gasteiger partial charge in [0.05, 0.1) is 4.92 Å². The Bertz CT molecular complexity index is 433. The van der Waals surface area contributed by atoms with E-state index in [9.17, 15) is 23.3 Å². The van der Waals surface area contributed by atoms with Crippen LogP contribution in [0.3, 0.4) is 0 Å². The van der Waals surface area contributed by atoms with Gasteiger partial charge in [-0.15, -0.1) is 13.2 Å². The maximum absolute atomic E-state index is 11.9. The first kappa shape index (κ1) is 12.6. The van der Waals surface area contributed by atoms with E-state index in [1.165, 1.54) is 6.92 Å². The van der Waals surface area contributed by atoms with E-state index >= 15 is 0 Å². The molecule has 0 amide bonds. The van der Waals surface area contributed by atoms with E-state index < -0.39 is 27.7 Å². The molecule has 1 aromatic carbocycles. The summed E-state index contributed by atoms with van der Waals surface area (Å²) in [6, 6.07) is 2.04. The smallest absolute Gasteiger partial charge is 0.404 e. The quantitative estimate of drug-likeness (QED) is 0.601. The third kappa shape index (κ3) is 2.99. The van der Waals surface area contributed by atoms with Crippen LogP contribution in [0.5, 0.6) is 5.75 Å². The third-order valence-corrected chi connectivity index (χ3v) is 1.97. The minimum Gasteiger partial charge on any atom is -0.404 e. The van der Waals surface area contributed by atoms with Crippen molar-refractivity contribution < 1.29 is 22.8 Å². The molecule has 4 nitrogen and oxygen atoms in total. The van der Waals surface area contributed by atoms with Crippen molar-refractivity contribution in [2.24, 2.45) is 0 Å². The predicted octanol–water partition coefficient (Wildman–Crippen LogP) is 3.46. The minimum absolute atomic E-state index is 0.246. The molecule has 0 unspecified atom stereocenters. The van der Waals surface area contributed by atoms with Crippen molar-refractivity contribution in [3.63, 3.8) is 0 Å². The zero-order valence-electron chi connectivity index (χ0n) is 7.84. The number of nitro groups is 1. The zero-order chi connectivity index (χ0) is 12.5. The van der Waals surface area contributed by atoms with Crippen molar-refractivity contribution in [2.45, 2.75) is 13.3 Å². The van der Waals surface area contributed by atoms with Crippen LogP contribution in [0.25, 0.3) is 0 Å². The topological polar surface area (TPSA) is 52.4 Å². The summed E-state index contributed by atoms with van der Waals surface area (Å²) in [6.07, 6.45) is -4.94. The fourth-order valence-corrected chi connectivity index (χ4v) is 1.27. The molecule has 0 aromatic heterocycles. The van der Waals surface area contributed by atoms with Gasteiger partial charge in [0.15, 0.2) is 10.8 Å². The molecule has 0 saturated carbocycles. The second-order valence-corrected chi connectivity index (χ2v) is 3.28. The molecule has 0 N–H and O–H groups in total. The maximum Gasteiger partial charge on any atom is 0.573 e. The van der Waals surface area contributed by atoms with E-state index in [1.54, 1.807) is 0 Å². The lowest BCUT2D eigenvalue weighted by Gasteiger charge is -2.10. The maximum atomic E-state index is 11.9. The van der Waals surface area contributed by atoms with E-state index in [1.807, 2.05) is 0 Å². The molecule has 0 aliphatic heterocycles. The number of alkyl halides is 3. The number of aryl methyl sites for hydroxylation is 1. The molecule has 0 aliphatic rings. The standard InChI is InChI=1S/C8H5ClF3NO3/c1-4-2-5(13(14)15)7(9)6(3-4)16-8(10,11)12/h2-3H,1H3. The highest BCUT2D eigenvalue weighted by molar-refractivity contribution is 6.34. The van der Waals surface area contributed by atoms with Gasteiger partial charge in [-0.3, -0.25) is 10.1 Å². The molecule has 1 rings (SSSR count). The summed E-state index contributed by atoms with van der Waals surface area (Å²) in [6.45, 7) is 1.40. The summed E-state index contributed by atoms with van der Waals surface area (Å²) in [7, 11) is 0. The Labute approximate surface area is 92.7 Å². The predicted molar refractivity (Wildman–Crippen MR) is 49.5 cm³/mol. The molecule has 8 heteroatoms. The Morgan fingerprint density at radius 2 is 2.00 bits per heavy atom. The van der Waals surface area contributed by atoms with Gasteiger partial charge in [0.1, 0.15) is 0 Å². The van der Waals surface area contributed by atoms with Crippen molar-refractivity contribution >= 4 is 17.3 Å². The highest BCUT2D eigenvalue weighted by Gasteiger charge is 2.33. The average Bonchev–Trinajstić information content (AvgIpc) is 2.07. The van der Waals surface area contributed by atoms with E-state index in [0.29, 0.717) is 0 Å². The molecule has 0 spiro atoms. The molecular weight excluding hydrogens is 251 g/mol. The van der Waals surface area contributed by atoms with Crippen LogP contribution in [0.4, 0.5) is 18.9 Å². The van der Waals surface area contributed by atoms with Gasteiger partial charge in [-0.2, -0.15) is 0 Å². The van der Waals surface area contributed by atoms with Crippen molar-refractivity contribution in [3.05, 3.63) is 32.8 Å². The fraction of sp³-hybridized carbons (Fsp3) is 0.250. The number of halogens is 4. The van der Waals surface area contributed by atoms with Gasteiger partial charge in [0, 0.05) is 6.07 Å². The number of hydrogen-bond acceptors (Lipinski definition) is 3. The van der Waals surface area contributed by atoms with Gasteiger partial charge in [-0.05, 0) is 18.6 Å². The lowest BCUT2D eigenvalue weighted by Crippen LogP contribution is -2.17. The first-order valence-corrected chi connectivity index (χ1v) is 4.29. The van der Waals surface area contributed by atoms with E-state index in [2.05, 4.69) is 4.74 Å². The summed E-state index contributed by atoms with van der Waals surface area (Å²) in [5.41, 5.74) is -0.378. The van der Waals surface area contributed by atoms with E-state index in [0.717, 1.165) is 12.1 Å². The molecule has 1 aromatic rings. The Balaban J connectivity index is 3.25. The average molecular weight is 256 g/mol. The van der Waals surface area contributed by atoms with Crippen molar-refractivity contribution in [1.82, 2.24) is 0 Å². The number of benzene rings is 1. The molecule has 88 valence electrons. The normalized spacial score (nSPS) is 11.3. The minimum atomic E-state index is -4.94. The van der Waals surface area contributed by atoms with E-state index in [4.69, 9.17) is 11.6 Å². The summed E-state index contributed by atoms with van der Waals surface area (Å²) < 4.78 is 39.4. The van der Waals surface area contributed by atoms with Crippen LogP contribution in [0.1, 0.15) is 5.56 Å². The summed E-state index contributed by atoms with van der Waals surface area (Å²) in [5, 5.41) is 9.80. The van der Waals surface area contributed by atoms with Gasteiger partial charge in [0.25, 0.3) is 5.69 Å². The van der Waals surface area contributed by atoms with Crippen LogP contribution < -0.4 is 4.74 Å². The molecule has 0 fully saturated rings.